The number of benzene rings is 7. The summed E-state index contributed by atoms with van der Waals surface area (Å²) < 4.78 is 0. The van der Waals surface area contributed by atoms with Crippen molar-refractivity contribution < 1.29 is 0 Å². The Balaban J connectivity index is 1.23. The van der Waals surface area contributed by atoms with Crippen molar-refractivity contribution in [1.82, 2.24) is 0 Å². The van der Waals surface area contributed by atoms with Gasteiger partial charge in [0.15, 0.2) is 0 Å². The van der Waals surface area contributed by atoms with Crippen molar-refractivity contribution in [2.24, 2.45) is 0 Å². The first-order chi connectivity index (χ1) is 22.1. The topological polar surface area (TPSA) is 3.24 Å². The fourth-order valence-electron chi connectivity index (χ4n) is 7.83. The van der Waals surface area contributed by atoms with E-state index in [9.17, 15) is 0 Å². The Kier molecular flexibility index (Phi) is 5.67. The third-order valence-corrected chi connectivity index (χ3v) is 10.1. The molecule has 0 saturated carbocycles. The van der Waals surface area contributed by atoms with Gasteiger partial charge in [-0.3, -0.25) is 0 Å². The van der Waals surface area contributed by atoms with Crippen LogP contribution in [0.2, 0.25) is 0 Å². The average molecular weight is 576 g/mol. The number of fused-ring (bicyclic) bond motifs is 5. The van der Waals surface area contributed by atoms with Gasteiger partial charge < -0.3 is 4.90 Å². The maximum atomic E-state index is 2.43. The van der Waals surface area contributed by atoms with E-state index in [1.54, 1.807) is 0 Å². The first kappa shape index (κ1) is 26.0. The van der Waals surface area contributed by atoms with Gasteiger partial charge in [-0.2, -0.15) is 0 Å². The Labute approximate surface area is 265 Å². The highest BCUT2D eigenvalue weighted by atomic mass is 15.1. The average Bonchev–Trinajstić information content (AvgIpc) is 3.32. The first-order valence-electron chi connectivity index (χ1n) is 15.9. The highest BCUT2D eigenvalue weighted by Gasteiger charge is 2.35. The minimum Gasteiger partial charge on any atom is -0.310 e. The van der Waals surface area contributed by atoms with Crippen molar-refractivity contribution in [2.75, 3.05) is 4.90 Å². The van der Waals surface area contributed by atoms with E-state index in [4.69, 9.17) is 0 Å². The molecule has 214 valence electrons. The van der Waals surface area contributed by atoms with E-state index in [0.717, 1.165) is 12.1 Å². The molecule has 0 radical (unpaired) electrons. The minimum absolute atomic E-state index is 0.0233. The predicted octanol–water partition coefficient (Wildman–Crippen LogP) is 11.9. The summed E-state index contributed by atoms with van der Waals surface area (Å²) in [4.78, 5) is 2.43. The maximum absolute atomic E-state index is 2.43. The van der Waals surface area contributed by atoms with Crippen LogP contribution < -0.4 is 4.90 Å². The van der Waals surface area contributed by atoms with Gasteiger partial charge in [0.25, 0.3) is 0 Å². The summed E-state index contributed by atoms with van der Waals surface area (Å²) in [5.74, 6) is 0. The Morgan fingerprint density at radius 2 is 1.07 bits per heavy atom. The lowest BCUT2D eigenvalue weighted by molar-refractivity contribution is 0.660. The summed E-state index contributed by atoms with van der Waals surface area (Å²) in [7, 11) is 0. The van der Waals surface area contributed by atoms with Crippen LogP contribution in [0, 0.1) is 0 Å². The largest absolute Gasteiger partial charge is 0.310 e. The zero-order chi connectivity index (χ0) is 30.1. The molecule has 0 heterocycles. The van der Waals surface area contributed by atoms with Crippen molar-refractivity contribution in [3.05, 3.63) is 174 Å². The van der Waals surface area contributed by atoms with Gasteiger partial charge in [0.2, 0.25) is 0 Å². The fraction of sp³-hybridized carbons (Fsp3) is 0.0909. The summed E-state index contributed by atoms with van der Waals surface area (Å²) in [5, 5.41) is 2.70. The van der Waals surface area contributed by atoms with E-state index in [1.807, 2.05) is 0 Å². The summed E-state index contributed by atoms with van der Waals surface area (Å²) in [6.45, 7) is 4.69. The van der Waals surface area contributed by atoms with Crippen LogP contribution >= 0.6 is 0 Å². The summed E-state index contributed by atoms with van der Waals surface area (Å²) in [6, 6.07) is 56.1. The van der Waals surface area contributed by atoms with Crippen molar-refractivity contribution in [3.8, 4) is 33.4 Å². The van der Waals surface area contributed by atoms with Crippen LogP contribution in [0.5, 0.6) is 0 Å². The van der Waals surface area contributed by atoms with E-state index >= 15 is 0 Å². The summed E-state index contributed by atoms with van der Waals surface area (Å²) >= 11 is 0. The van der Waals surface area contributed by atoms with Crippen LogP contribution in [0.15, 0.2) is 152 Å². The van der Waals surface area contributed by atoms with Crippen LogP contribution in [-0.4, -0.2) is 0 Å². The molecule has 0 aliphatic heterocycles. The molecule has 0 fully saturated rings. The molecule has 0 N–H and O–H groups in total. The molecule has 2 aliphatic rings. The second-order valence-electron chi connectivity index (χ2n) is 13.0. The van der Waals surface area contributed by atoms with Crippen molar-refractivity contribution in [2.45, 2.75) is 25.7 Å². The molecule has 0 atom stereocenters. The SMILES string of the molecule is CC1(C)c2ccccc2-c2cc(N(c3ccc(-c4ccccc4)cc3)c3ccc4c(c3)-c3cccc5cccc(c35)C4)ccc21. The van der Waals surface area contributed by atoms with Crippen LogP contribution in [-0.2, 0) is 11.8 Å². The lowest BCUT2D eigenvalue weighted by atomic mass is 9.82. The third-order valence-electron chi connectivity index (χ3n) is 10.1. The Morgan fingerprint density at radius 1 is 0.444 bits per heavy atom. The highest BCUT2D eigenvalue weighted by molar-refractivity contribution is 6.02. The van der Waals surface area contributed by atoms with Gasteiger partial charge >= 0.3 is 0 Å². The zero-order valence-electron chi connectivity index (χ0n) is 25.6. The molecular formula is C44H33N. The Morgan fingerprint density at radius 3 is 1.89 bits per heavy atom. The first-order valence-corrected chi connectivity index (χ1v) is 15.9. The quantitative estimate of drug-likeness (QED) is 0.202. The molecule has 45 heavy (non-hydrogen) atoms. The van der Waals surface area contributed by atoms with Gasteiger partial charge in [-0.15, -0.1) is 0 Å². The van der Waals surface area contributed by atoms with E-state index < -0.39 is 0 Å². The molecule has 0 bridgehead atoms. The van der Waals surface area contributed by atoms with Gasteiger partial charge in [0, 0.05) is 22.5 Å². The molecular weight excluding hydrogens is 542 g/mol. The number of hydrogen-bond donors (Lipinski definition) is 0. The van der Waals surface area contributed by atoms with Gasteiger partial charge in [0.05, 0.1) is 0 Å². The molecule has 0 saturated heterocycles. The fourth-order valence-corrected chi connectivity index (χ4v) is 7.83. The normalized spacial score (nSPS) is 13.6. The molecule has 0 amide bonds. The lowest BCUT2D eigenvalue weighted by Gasteiger charge is -2.29. The molecule has 2 aliphatic carbocycles. The molecule has 9 rings (SSSR count). The lowest BCUT2D eigenvalue weighted by Crippen LogP contribution is -2.15. The molecule has 1 heteroatoms. The van der Waals surface area contributed by atoms with Crippen molar-refractivity contribution in [3.63, 3.8) is 0 Å². The van der Waals surface area contributed by atoms with Gasteiger partial charge in [-0.05, 0) is 109 Å². The molecule has 0 spiro atoms. The Hall–Kier alpha value is -5.40. The van der Waals surface area contributed by atoms with Gasteiger partial charge in [0.1, 0.15) is 0 Å². The van der Waals surface area contributed by atoms with Crippen LogP contribution in [0.25, 0.3) is 44.2 Å². The van der Waals surface area contributed by atoms with Gasteiger partial charge in [-0.25, -0.2) is 0 Å². The number of rotatable bonds is 4. The molecule has 1 nitrogen and oxygen atoms in total. The smallest absolute Gasteiger partial charge is 0.0468 e. The predicted molar refractivity (Wildman–Crippen MR) is 190 cm³/mol. The van der Waals surface area contributed by atoms with Gasteiger partial charge in [-0.1, -0.05) is 129 Å². The van der Waals surface area contributed by atoms with E-state index in [1.165, 1.54) is 77.8 Å². The van der Waals surface area contributed by atoms with Crippen molar-refractivity contribution in [1.29, 1.82) is 0 Å². The van der Waals surface area contributed by atoms with Crippen LogP contribution in [0.4, 0.5) is 17.1 Å². The second kappa shape index (κ2) is 9.81. The highest BCUT2D eigenvalue weighted by Crippen LogP contribution is 2.51. The van der Waals surface area contributed by atoms with E-state index in [-0.39, 0.29) is 5.41 Å². The molecule has 7 aromatic carbocycles. The number of hydrogen-bond acceptors (Lipinski definition) is 1. The maximum Gasteiger partial charge on any atom is 0.0468 e. The van der Waals surface area contributed by atoms with Crippen LogP contribution in [0.1, 0.15) is 36.1 Å². The van der Waals surface area contributed by atoms with Crippen molar-refractivity contribution >= 4 is 27.8 Å². The summed E-state index contributed by atoms with van der Waals surface area (Å²) in [6.07, 6.45) is 0.959. The standard InChI is InChI=1S/C44H33N/c1-44(2)41-17-7-6-15-37(41)40-28-36(24-25-42(40)44)45(34-21-18-30(19-22-34)29-10-4-3-5-11-29)35-23-20-32-26-33-14-8-12-31-13-9-16-38(43(31)33)39(32)27-35/h3-25,27-28H,26H2,1-2H3. The number of nitrogens with zero attached hydrogens (tertiary/aromatic N) is 1. The molecule has 0 aromatic heterocycles. The second-order valence-corrected chi connectivity index (χ2v) is 13.0. The summed E-state index contributed by atoms with van der Waals surface area (Å²) in [5.41, 5.74) is 16.8. The number of anilines is 3. The Bertz CT molecular complexity index is 2250. The minimum atomic E-state index is -0.0233. The third kappa shape index (κ3) is 4.01. The molecule has 0 unspecified atom stereocenters. The zero-order valence-corrected chi connectivity index (χ0v) is 25.6. The van der Waals surface area contributed by atoms with Crippen LogP contribution in [0.3, 0.4) is 0 Å². The molecule has 7 aromatic rings. The van der Waals surface area contributed by atoms with E-state index in [0.29, 0.717) is 0 Å². The monoisotopic (exact) mass is 575 g/mol. The van der Waals surface area contributed by atoms with E-state index in [2.05, 4.69) is 170 Å².